The van der Waals surface area contributed by atoms with Crippen LogP contribution in [-0.2, 0) is 0 Å². The predicted molar refractivity (Wildman–Crippen MR) is 255 cm³/mol. The van der Waals surface area contributed by atoms with Crippen molar-refractivity contribution in [3.63, 3.8) is 0 Å². The van der Waals surface area contributed by atoms with E-state index in [1.807, 2.05) is 12.2 Å². The Hall–Kier alpha value is -1.82. The summed E-state index contributed by atoms with van der Waals surface area (Å²) in [6.45, 7) is 19.8. The van der Waals surface area contributed by atoms with Crippen molar-refractivity contribution in [2.24, 2.45) is 59.2 Å². The van der Waals surface area contributed by atoms with Gasteiger partial charge in [-0.15, -0.1) is 26.3 Å². The lowest BCUT2D eigenvalue weighted by Gasteiger charge is -2.11. The van der Waals surface area contributed by atoms with Crippen molar-refractivity contribution in [2.45, 2.75) is 206 Å². The maximum atomic E-state index is 3.91. The largest absolute Gasteiger partial charge is 0.103 e. The van der Waals surface area contributed by atoms with Gasteiger partial charge in [0.05, 0.1) is 0 Å². The van der Waals surface area contributed by atoms with E-state index in [9.17, 15) is 0 Å². The van der Waals surface area contributed by atoms with E-state index in [-0.39, 0.29) is 1.43 Å². The summed E-state index contributed by atoms with van der Waals surface area (Å²) in [7, 11) is 0. The molecule has 56 heavy (non-hydrogen) atoms. The smallest absolute Gasteiger partial charge is 0 e. The Morgan fingerprint density at radius 2 is 0.839 bits per heavy atom. The van der Waals surface area contributed by atoms with Crippen LogP contribution in [0.3, 0.4) is 0 Å². The summed E-state index contributed by atoms with van der Waals surface area (Å²) in [5.74, 6) is 9.51. The zero-order valence-corrected chi connectivity index (χ0v) is 37.6. The molecule has 0 nitrogen and oxygen atoms in total. The Kier molecular flexibility index (Phi) is 27.0. The zero-order valence-electron chi connectivity index (χ0n) is 37.6. The highest BCUT2D eigenvalue weighted by Crippen LogP contribution is 2.39. The molecule has 0 heteroatoms. The molecule has 10 unspecified atom stereocenters. The maximum Gasteiger partial charge on any atom is 0 e. The lowest BCUT2D eigenvalue weighted by Crippen LogP contribution is -1.97. The fourth-order valence-corrected chi connectivity index (χ4v) is 11.0. The molecule has 6 rings (SSSR count). The Morgan fingerprint density at radius 3 is 1.18 bits per heavy atom. The predicted octanol–water partition coefficient (Wildman–Crippen LogP) is 18.6. The summed E-state index contributed by atoms with van der Waals surface area (Å²) < 4.78 is 0. The minimum absolute atomic E-state index is 0. The molecule has 5 saturated carbocycles. The van der Waals surface area contributed by atoms with Gasteiger partial charge in [-0.2, -0.15) is 0 Å². The van der Waals surface area contributed by atoms with E-state index in [1.165, 1.54) is 154 Å². The first-order valence-electron chi connectivity index (χ1n) is 25.0. The maximum absolute atomic E-state index is 3.91. The standard InChI is InChI=1S/C21H40.C21H32.C7H10.C7H12.H2/c2*1-3-18-12-14-20(16-18)10-8-6-5-7-9-11-21-15-13-19(4-2)17-21;1-2-7-4-3-6(1)5-7;1-3-5-7-6-4-2;/h18-21H,3-17H2,1-2H3;3-4,8-11,18-21H,1-2,5-7,12-17H2;1-2,6-7H,3-5H2;3-4H,1-2,5-7H2;1H/b;10-8-,11-9-;;;. The van der Waals surface area contributed by atoms with Crippen LogP contribution in [0.15, 0.2) is 87.1 Å². The van der Waals surface area contributed by atoms with E-state index in [4.69, 9.17) is 0 Å². The average molecular weight is 769 g/mol. The van der Waals surface area contributed by atoms with Crippen LogP contribution < -0.4 is 0 Å². The fourth-order valence-electron chi connectivity index (χ4n) is 11.0. The minimum atomic E-state index is 0. The summed E-state index contributed by atoms with van der Waals surface area (Å²) in [5, 5.41) is 0. The normalized spacial score (nSPS) is 31.5. The second-order valence-electron chi connectivity index (χ2n) is 19.4. The number of hydrogen-bond acceptors (Lipinski definition) is 0. The van der Waals surface area contributed by atoms with Crippen molar-refractivity contribution in [1.29, 1.82) is 0 Å². The molecule has 320 valence electrons. The van der Waals surface area contributed by atoms with Gasteiger partial charge in [0.2, 0.25) is 0 Å². The SMILES string of the molecule is C1=CC2CCC1C2.C=CC1CCC(/C=C\CCC/C=C\C2CCC(C=C)C2)C1.C=CCCCC=C.CCC1CCC(CCCCCCCC2CCC(CC)C2)C1.[HH]. The topological polar surface area (TPSA) is 0 Å². The van der Waals surface area contributed by atoms with Crippen LogP contribution in [0.5, 0.6) is 0 Å². The van der Waals surface area contributed by atoms with Gasteiger partial charge in [0, 0.05) is 1.43 Å². The first kappa shape index (κ1) is 48.5. The number of allylic oxidation sites excluding steroid dienone is 10. The first-order chi connectivity index (χ1) is 27.5. The van der Waals surface area contributed by atoms with Gasteiger partial charge in [0.15, 0.2) is 0 Å². The number of fused-ring (bicyclic) bond motifs is 2. The van der Waals surface area contributed by atoms with Gasteiger partial charge in [-0.05, 0) is 168 Å². The van der Waals surface area contributed by atoms with Crippen LogP contribution in [0.2, 0.25) is 0 Å². The summed E-state index contributed by atoms with van der Waals surface area (Å²) >= 11 is 0. The Balaban J connectivity index is 0.000000290. The first-order valence-corrected chi connectivity index (χ1v) is 25.0. The second-order valence-corrected chi connectivity index (χ2v) is 19.4. The van der Waals surface area contributed by atoms with Gasteiger partial charge in [-0.3, -0.25) is 0 Å². The van der Waals surface area contributed by atoms with E-state index in [2.05, 4.69) is 88.8 Å². The van der Waals surface area contributed by atoms with Gasteiger partial charge in [0.25, 0.3) is 0 Å². The summed E-state index contributed by atoms with van der Waals surface area (Å²) in [6.07, 6.45) is 65.1. The van der Waals surface area contributed by atoms with Gasteiger partial charge >= 0.3 is 0 Å². The third-order valence-corrected chi connectivity index (χ3v) is 14.9. The van der Waals surface area contributed by atoms with E-state index in [1.54, 1.807) is 25.7 Å². The molecule has 0 aromatic carbocycles. The van der Waals surface area contributed by atoms with Gasteiger partial charge in [-0.1, -0.05) is 158 Å². The number of hydrogen-bond donors (Lipinski definition) is 0. The van der Waals surface area contributed by atoms with Gasteiger partial charge < -0.3 is 0 Å². The molecule has 0 aromatic heterocycles. The van der Waals surface area contributed by atoms with E-state index >= 15 is 0 Å². The molecule has 0 aromatic rings. The molecule has 0 radical (unpaired) electrons. The molecular weight excluding hydrogens is 673 g/mol. The molecule has 5 fully saturated rings. The van der Waals surface area contributed by atoms with Gasteiger partial charge in [0.1, 0.15) is 0 Å². The number of unbranched alkanes of at least 4 members (excludes halogenated alkanes) is 8. The minimum Gasteiger partial charge on any atom is -0.103 e. The molecule has 10 atom stereocenters. The fraction of sp³-hybridized carbons (Fsp3) is 0.750. The molecule has 6 aliphatic carbocycles. The quantitative estimate of drug-likeness (QED) is 0.0760. The van der Waals surface area contributed by atoms with E-state index < -0.39 is 0 Å². The monoisotopic (exact) mass is 769 g/mol. The van der Waals surface area contributed by atoms with Crippen LogP contribution in [0, 0.1) is 59.2 Å². The van der Waals surface area contributed by atoms with Crippen LogP contribution in [0.1, 0.15) is 208 Å². The van der Waals surface area contributed by atoms with E-state index in [0.29, 0.717) is 0 Å². The molecule has 0 amide bonds. The molecule has 0 aliphatic heterocycles. The zero-order chi connectivity index (χ0) is 40.1. The molecule has 0 N–H and O–H groups in total. The lowest BCUT2D eigenvalue weighted by molar-refractivity contribution is 0.419. The molecule has 2 bridgehead atoms. The summed E-state index contributed by atoms with van der Waals surface area (Å²) in [5.41, 5.74) is 0. The van der Waals surface area contributed by atoms with Crippen LogP contribution >= 0.6 is 0 Å². The van der Waals surface area contributed by atoms with Crippen LogP contribution in [0.4, 0.5) is 0 Å². The lowest BCUT2D eigenvalue weighted by atomic mass is 9.95. The highest BCUT2D eigenvalue weighted by Gasteiger charge is 2.26. The van der Waals surface area contributed by atoms with Crippen LogP contribution in [-0.4, -0.2) is 0 Å². The third kappa shape index (κ3) is 21.3. The highest BCUT2D eigenvalue weighted by molar-refractivity contribution is 5.06. The molecule has 0 heterocycles. The number of rotatable bonds is 22. The Bertz CT molecular complexity index is 1030. The van der Waals surface area contributed by atoms with Crippen LogP contribution in [0.25, 0.3) is 0 Å². The Labute approximate surface area is 352 Å². The third-order valence-electron chi connectivity index (χ3n) is 14.9. The molecular formula is C56H96. The van der Waals surface area contributed by atoms with Crippen molar-refractivity contribution < 1.29 is 1.43 Å². The second kappa shape index (κ2) is 31.1. The highest BCUT2D eigenvalue weighted by atomic mass is 14.3. The Morgan fingerprint density at radius 1 is 0.429 bits per heavy atom. The van der Waals surface area contributed by atoms with Crippen molar-refractivity contribution in [3.05, 3.63) is 87.1 Å². The van der Waals surface area contributed by atoms with Crippen molar-refractivity contribution in [3.8, 4) is 0 Å². The molecule has 0 spiro atoms. The van der Waals surface area contributed by atoms with Crippen molar-refractivity contribution in [2.75, 3.05) is 0 Å². The molecule has 0 saturated heterocycles. The molecule has 6 aliphatic rings. The van der Waals surface area contributed by atoms with Gasteiger partial charge in [-0.25, -0.2) is 0 Å². The van der Waals surface area contributed by atoms with Crippen molar-refractivity contribution >= 4 is 0 Å². The summed E-state index contributed by atoms with van der Waals surface area (Å²) in [6, 6.07) is 0. The van der Waals surface area contributed by atoms with Crippen molar-refractivity contribution in [1.82, 2.24) is 0 Å². The van der Waals surface area contributed by atoms with E-state index in [0.717, 1.165) is 72.0 Å². The average Bonchev–Trinajstić information content (AvgIpc) is 4.10. The summed E-state index contributed by atoms with van der Waals surface area (Å²) in [4.78, 5) is 0.